The van der Waals surface area contributed by atoms with Crippen LogP contribution in [0.15, 0.2) is 18.5 Å². The molecule has 0 bridgehead atoms. The summed E-state index contributed by atoms with van der Waals surface area (Å²) >= 11 is 0. The third kappa shape index (κ3) is 2.09. The fourth-order valence-electron chi connectivity index (χ4n) is 2.02. The van der Waals surface area contributed by atoms with E-state index in [0.29, 0.717) is 12.1 Å². The monoisotopic (exact) mass is 206 g/mol. The Labute approximate surface area is 90.9 Å². The third-order valence-corrected chi connectivity index (χ3v) is 3.19. The Bertz CT molecular complexity index is 302. The molecular formula is C11H18N4. The van der Waals surface area contributed by atoms with Crippen molar-refractivity contribution in [3.63, 3.8) is 0 Å². The van der Waals surface area contributed by atoms with Crippen molar-refractivity contribution >= 4 is 5.95 Å². The Morgan fingerprint density at radius 1 is 1.13 bits per heavy atom. The Kier molecular flexibility index (Phi) is 2.86. The van der Waals surface area contributed by atoms with Crippen molar-refractivity contribution in [2.24, 2.45) is 0 Å². The molecule has 0 saturated carbocycles. The van der Waals surface area contributed by atoms with Gasteiger partial charge in [0, 0.05) is 37.6 Å². The Hall–Kier alpha value is -1.16. The van der Waals surface area contributed by atoms with Crippen LogP contribution in [0.2, 0.25) is 0 Å². The third-order valence-electron chi connectivity index (χ3n) is 3.19. The first-order valence-corrected chi connectivity index (χ1v) is 5.42. The van der Waals surface area contributed by atoms with Crippen molar-refractivity contribution in [1.82, 2.24) is 14.9 Å². The van der Waals surface area contributed by atoms with Crippen LogP contribution in [0.4, 0.5) is 5.95 Å². The molecular weight excluding hydrogens is 188 g/mol. The largest absolute Gasteiger partial charge is 0.338 e. The van der Waals surface area contributed by atoms with Crippen LogP contribution in [-0.2, 0) is 0 Å². The molecule has 2 rings (SSSR count). The smallest absolute Gasteiger partial charge is 0.225 e. The highest BCUT2D eigenvalue weighted by molar-refractivity contribution is 5.30. The lowest BCUT2D eigenvalue weighted by Gasteiger charge is -2.42. The van der Waals surface area contributed by atoms with Gasteiger partial charge >= 0.3 is 0 Å². The van der Waals surface area contributed by atoms with Crippen LogP contribution >= 0.6 is 0 Å². The molecule has 0 spiro atoms. The fraction of sp³-hybridized carbons (Fsp3) is 0.636. The minimum absolute atomic E-state index is 0.553. The number of hydrogen-bond donors (Lipinski definition) is 0. The second kappa shape index (κ2) is 4.14. The highest BCUT2D eigenvalue weighted by atomic mass is 15.3. The fourth-order valence-corrected chi connectivity index (χ4v) is 2.02. The van der Waals surface area contributed by atoms with E-state index in [0.717, 1.165) is 19.0 Å². The van der Waals surface area contributed by atoms with Gasteiger partial charge < -0.3 is 4.90 Å². The second-order valence-corrected chi connectivity index (χ2v) is 4.32. The van der Waals surface area contributed by atoms with Gasteiger partial charge in [-0.15, -0.1) is 0 Å². The molecule has 82 valence electrons. The van der Waals surface area contributed by atoms with Gasteiger partial charge in [0.2, 0.25) is 5.95 Å². The predicted octanol–water partition coefficient (Wildman–Crippen LogP) is 1.01. The van der Waals surface area contributed by atoms with Gasteiger partial charge in [-0.3, -0.25) is 4.90 Å². The molecule has 0 radical (unpaired) electrons. The molecule has 4 nitrogen and oxygen atoms in total. The van der Waals surface area contributed by atoms with E-state index >= 15 is 0 Å². The topological polar surface area (TPSA) is 32.3 Å². The van der Waals surface area contributed by atoms with Crippen molar-refractivity contribution < 1.29 is 0 Å². The maximum absolute atomic E-state index is 4.29. The first-order valence-electron chi connectivity index (χ1n) is 5.42. The molecule has 0 aliphatic carbocycles. The number of aromatic nitrogens is 2. The first-order chi connectivity index (χ1) is 7.18. The van der Waals surface area contributed by atoms with Crippen molar-refractivity contribution in [3.8, 4) is 0 Å². The molecule has 1 aromatic rings. The summed E-state index contributed by atoms with van der Waals surface area (Å²) in [7, 11) is 2.18. The summed E-state index contributed by atoms with van der Waals surface area (Å²) in [6.45, 7) is 6.49. The van der Waals surface area contributed by atoms with Gasteiger partial charge in [0.15, 0.2) is 0 Å². The van der Waals surface area contributed by atoms with Crippen LogP contribution in [0, 0.1) is 0 Å². The van der Waals surface area contributed by atoms with Crippen LogP contribution < -0.4 is 4.90 Å². The molecule has 4 heteroatoms. The standard InChI is InChI=1S/C11H18N4/c1-9-7-15(8-10(2)14(9)3)11-12-5-4-6-13-11/h4-6,9-10H,7-8H2,1-3H3/t9-,10+. The van der Waals surface area contributed by atoms with E-state index < -0.39 is 0 Å². The molecule has 0 amide bonds. The summed E-state index contributed by atoms with van der Waals surface area (Å²) in [5, 5.41) is 0. The van der Waals surface area contributed by atoms with Crippen molar-refractivity contribution in [2.75, 3.05) is 25.0 Å². The van der Waals surface area contributed by atoms with Crippen molar-refractivity contribution in [1.29, 1.82) is 0 Å². The van der Waals surface area contributed by atoms with Crippen LogP contribution in [0.5, 0.6) is 0 Å². The highest BCUT2D eigenvalue weighted by Crippen LogP contribution is 2.16. The highest BCUT2D eigenvalue weighted by Gasteiger charge is 2.27. The molecule has 1 aromatic heterocycles. The zero-order valence-electron chi connectivity index (χ0n) is 9.59. The maximum Gasteiger partial charge on any atom is 0.225 e. The average Bonchev–Trinajstić information content (AvgIpc) is 2.26. The van der Waals surface area contributed by atoms with Gasteiger partial charge in [0.25, 0.3) is 0 Å². The Morgan fingerprint density at radius 2 is 1.67 bits per heavy atom. The van der Waals surface area contributed by atoms with E-state index in [-0.39, 0.29) is 0 Å². The normalized spacial score (nSPS) is 28.1. The lowest BCUT2D eigenvalue weighted by atomic mass is 10.1. The van der Waals surface area contributed by atoms with Gasteiger partial charge in [-0.25, -0.2) is 9.97 Å². The van der Waals surface area contributed by atoms with Gasteiger partial charge in [-0.2, -0.15) is 0 Å². The average molecular weight is 206 g/mol. The number of rotatable bonds is 1. The molecule has 1 aliphatic rings. The summed E-state index contributed by atoms with van der Waals surface area (Å²) < 4.78 is 0. The second-order valence-electron chi connectivity index (χ2n) is 4.32. The SMILES string of the molecule is C[C@@H]1CN(c2ncccn2)C[C@H](C)N1C. The quantitative estimate of drug-likeness (QED) is 0.686. The number of nitrogens with zero attached hydrogens (tertiary/aromatic N) is 4. The van der Waals surface area contributed by atoms with E-state index in [1.807, 2.05) is 6.07 Å². The first kappa shape index (κ1) is 10.4. The zero-order chi connectivity index (χ0) is 10.8. The maximum atomic E-state index is 4.29. The molecule has 1 aliphatic heterocycles. The number of likely N-dealkylation sites (N-methyl/N-ethyl adjacent to an activating group) is 1. The molecule has 2 heterocycles. The zero-order valence-corrected chi connectivity index (χ0v) is 9.59. The Balaban J connectivity index is 2.13. The van der Waals surface area contributed by atoms with Gasteiger partial charge in [-0.1, -0.05) is 0 Å². The van der Waals surface area contributed by atoms with Crippen LogP contribution in [0.1, 0.15) is 13.8 Å². The molecule has 1 saturated heterocycles. The van der Waals surface area contributed by atoms with E-state index in [1.165, 1.54) is 0 Å². The van der Waals surface area contributed by atoms with Gasteiger partial charge in [-0.05, 0) is 27.0 Å². The number of piperazine rings is 1. The molecule has 15 heavy (non-hydrogen) atoms. The van der Waals surface area contributed by atoms with Crippen molar-refractivity contribution in [3.05, 3.63) is 18.5 Å². The summed E-state index contributed by atoms with van der Waals surface area (Å²) in [6.07, 6.45) is 3.60. The summed E-state index contributed by atoms with van der Waals surface area (Å²) in [5.74, 6) is 0.851. The minimum atomic E-state index is 0.553. The van der Waals surface area contributed by atoms with Crippen LogP contribution in [0.25, 0.3) is 0 Å². The van der Waals surface area contributed by atoms with E-state index in [9.17, 15) is 0 Å². The number of hydrogen-bond acceptors (Lipinski definition) is 4. The van der Waals surface area contributed by atoms with E-state index in [4.69, 9.17) is 0 Å². The summed E-state index contributed by atoms with van der Waals surface area (Å²) in [6, 6.07) is 2.96. The molecule has 0 aromatic carbocycles. The molecule has 0 unspecified atom stereocenters. The van der Waals surface area contributed by atoms with Crippen LogP contribution in [0.3, 0.4) is 0 Å². The molecule has 2 atom stereocenters. The summed E-state index contributed by atoms with van der Waals surface area (Å²) in [4.78, 5) is 13.2. The minimum Gasteiger partial charge on any atom is -0.338 e. The van der Waals surface area contributed by atoms with E-state index in [2.05, 4.69) is 40.7 Å². The Morgan fingerprint density at radius 3 is 2.20 bits per heavy atom. The predicted molar refractivity (Wildman–Crippen MR) is 60.9 cm³/mol. The van der Waals surface area contributed by atoms with Crippen LogP contribution in [-0.4, -0.2) is 47.1 Å². The molecule has 1 fully saturated rings. The lowest BCUT2D eigenvalue weighted by molar-refractivity contribution is 0.169. The van der Waals surface area contributed by atoms with Crippen molar-refractivity contribution in [2.45, 2.75) is 25.9 Å². The van der Waals surface area contributed by atoms with Gasteiger partial charge in [0.1, 0.15) is 0 Å². The number of anilines is 1. The summed E-state index contributed by atoms with van der Waals surface area (Å²) in [5.41, 5.74) is 0. The van der Waals surface area contributed by atoms with E-state index in [1.54, 1.807) is 12.4 Å². The molecule has 0 N–H and O–H groups in total. The lowest BCUT2D eigenvalue weighted by Crippen LogP contribution is -2.55. The van der Waals surface area contributed by atoms with Gasteiger partial charge in [0.05, 0.1) is 0 Å².